The standard InChI is InChI=1S/C24H18Cl2N2O3/c1-30-22-12-16(7-10-21(22)31-14-15-5-3-2-4-6-15)11-19(26)23-27-20-9-8-17(25)13-18(20)24(29)28-23/h2-13H,14H2,1H3,(H,27,28,29)/b19-11-. The molecule has 4 aromatic rings. The highest BCUT2D eigenvalue weighted by molar-refractivity contribution is 6.50. The number of aromatic amines is 1. The van der Waals surface area contributed by atoms with Crippen LogP contribution in [0.25, 0.3) is 22.0 Å². The lowest BCUT2D eigenvalue weighted by molar-refractivity contribution is 0.284. The van der Waals surface area contributed by atoms with Crippen molar-refractivity contribution < 1.29 is 9.47 Å². The van der Waals surface area contributed by atoms with Crippen molar-refractivity contribution in [3.05, 3.63) is 99.1 Å². The Bertz CT molecular complexity index is 1320. The first-order valence-electron chi connectivity index (χ1n) is 9.45. The van der Waals surface area contributed by atoms with Gasteiger partial charge in [0, 0.05) is 5.02 Å². The minimum atomic E-state index is -0.309. The molecule has 3 aromatic carbocycles. The Kier molecular flexibility index (Phi) is 6.26. The fourth-order valence-electron chi connectivity index (χ4n) is 3.07. The van der Waals surface area contributed by atoms with Gasteiger partial charge in [0.2, 0.25) is 0 Å². The lowest BCUT2D eigenvalue weighted by atomic mass is 10.1. The second-order valence-corrected chi connectivity index (χ2v) is 7.60. The van der Waals surface area contributed by atoms with Crippen LogP contribution in [0.3, 0.4) is 0 Å². The minimum Gasteiger partial charge on any atom is -0.493 e. The van der Waals surface area contributed by atoms with Crippen LogP contribution in [-0.2, 0) is 6.61 Å². The highest BCUT2D eigenvalue weighted by Gasteiger charge is 2.10. The van der Waals surface area contributed by atoms with E-state index in [1.165, 1.54) is 0 Å². The van der Waals surface area contributed by atoms with Crippen molar-refractivity contribution in [3.63, 3.8) is 0 Å². The first kappa shape index (κ1) is 21.0. The molecule has 0 unspecified atom stereocenters. The van der Waals surface area contributed by atoms with Crippen molar-refractivity contribution in [3.8, 4) is 11.5 Å². The van der Waals surface area contributed by atoms with Crippen molar-refractivity contribution >= 4 is 45.2 Å². The zero-order valence-corrected chi connectivity index (χ0v) is 18.1. The van der Waals surface area contributed by atoms with Gasteiger partial charge in [0.15, 0.2) is 17.3 Å². The largest absolute Gasteiger partial charge is 0.493 e. The number of hydrogen-bond donors (Lipinski definition) is 1. The summed E-state index contributed by atoms with van der Waals surface area (Å²) in [6.45, 7) is 0.430. The number of aromatic nitrogens is 2. The molecule has 0 fully saturated rings. The molecule has 1 N–H and O–H groups in total. The predicted molar refractivity (Wildman–Crippen MR) is 125 cm³/mol. The van der Waals surface area contributed by atoms with Gasteiger partial charge in [0.05, 0.1) is 23.0 Å². The highest BCUT2D eigenvalue weighted by atomic mass is 35.5. The van der Waals surface area contributed by atoms with Crippen molar-refractivity contribution in [1.29, 1.82) is 0 Å². The van der Waals surface area contributed by atoms with Crippen LogP contribution in [0, 0.1) is 0 Å². The number of H-pyrrole nitrogens is 1. The van der Waals surface area contributed by atoms with Crippen molar-refractivity contribution in [1.82, 2.24) is 9.97 Å². The van der Waals surface area contributed by atoms with Crippen LogP contribution in [0.1, 0.15) is 17.0 Å². The van der Waals surface area contributed by atoms with E-state index in [1.807, 2.05) is 48.5 Å². The van der Waals surface area contributed by atoms with Gasteiger partial charge in [-0.2, -0.15) is 0 Å². The molecule has 0 saturated heterocycles. The van der Waals surface area contributed by atoms with Crippen LogP contribution in [0.4, 0.5) is 0 Å². The van der Waals surface area contributed by atoms with Gasteiger partial charge in [-0.05, 0) is 47.5 Å². The molecule has 0 bridgehead atoms. The number of ether oxygens (including phenoxy) is 2. The normalized spacial score (nSPS) is 11.5. The van der Waals surface area contributed by atoms with Gasteiger partial charge in [0.25, 0.3) is 5.56 Å². The first-order chi connectivity index (χ1) is 15.0. The molecule has 1 aromatic heterocycles. The number of hydrogen-bond acceptors (Lipinski definition) is 4. The zero-order valence-electron chi connectivity index (χ0n) is 16.6. The van der Waals surface area contributed by atoms with Gasteiger partial charge in [0.1, 0.15) is 6.61 Å². The van der Waals surface area contributed by atoms with Gasteiger partial charge in [-0.15, -0.1) is 0 Å². The summed E-state index contributed by atoms with van der Waals surface area (Å²) in [5.41, 5.74) is 2.03. The van der Waals surface area contributed by atoms with E-state index in [9.17, 15) is 4.79 Å². The van der Waals surface area contributed by atoms with Crippen LogP contribution in [0.5, 0.6) is 11.5 Å². The summed E-state index contributed by atoms with van der Waals surface area (Å²) in [6.07, 6.45) is 1.70. The summed E-state index contributed by atoms with van der Waals surface area (Å²) in [5.74, 6) is 1.46. The third-order valence-corrected chi connectivity index (χ3v) is 5.14. The van der Waals surface area contributed by atoms with Crippen LogP contribution >= 0.6 is 23.2 Å². The summed E-state index contributed by atoms with van der Waals surface area (Å²) < 4.78 is 11.3. The Morgan fingerprint density at radius 2 is 1.87 bits per heavy atom. The molecule has 4 rings (SSSR count). The zero-order chi connectivity index (χ0) is 21.8. The Morgan fingerprint density at radius 1 is 1.06 bits per heavy atom. The molecule has 31 heavy (non-hydrogen) atoms. The number of methoxy groups -OCH3 is 1. The lowest BCUT2D eigenvalue weighted by Crippen LogP contribution is -2.10. The molecule has 0 aliphatic heterocycles. The van der Waals surface area contributed by atoms with Gasteiger partial charge in [-0.25, -0.2) is 4.98 Å². The molecule has 0 saturated carbocycles. The maximum Gasteiger partial charge on any atom is 0.259 e. The molecule has 0 amide bonds. The van der Waals surface area contributed by atoms with E-state index >= 15 is 0 Å². The molecule has 5 nitrogen and oxygen atoms in total. The van der Waals surface area contributed by atoms with Gasteiger partial charge >= 0.3 is 0 Å². The van der Waals surface area contributed by atoms with Gasteiger partial charge in [-0.1, -0.05) is 59.6 Å². The molecular formula is C24H18Cl2N2O3. The maximum atomic E-state index is 12.4. The van der Waals surface area contributed by atoms with E-state index in [4.69, 9.17) is 32.7 Å². The number of rotatable bonds is 6. The number of halogens is 2. The fourth-order valence-corrected chi connectivity index (χ4v) is 3.45. The van der Waals surface area contributed by atoms with Crippen molar-refractivity contribution in [2.24, 2.45) is 0 Å². The minimum absolute atomic E-state index is 0.268. The third kappa shape index (κ3) is 4.90. The van der Waals surface area contributed by atoms with Gasteiger partial charge in [-0.3, -0.25) is 4.79 Å². The Labute approximate surface area is 188 Å². The topological polar surface area (TPSA) is 64.2 Å². The van der Waals surface area contributed by atoms with Crippen LogP contribution in [-0.4, -0.2) is 17.1 Å². The molecule has 0 radical (unpaired) electrons. The van der Waals surface area contributed by atoms with Crippen LogP contribution in [0.2, 0.25) is 5.02 Å². The Morgan fingerprint density at radius 3 is 2.65 bits per heavy atom. The molecule has 0 atom stereocenters. The number of benzene rings is 3. The quantitative estimate of drug-likeness (QED) is 0.395. The van der Waals surface area contributed by atoms with E-state index in [-0.39, 0.29) is 16.4 Å². The molecule has 0 aliphatic carbocycles. The molecule has 0 aliphatic rings. The third-order valence-electron chi connectivity index (χ3n) is 4.61. The van der Waals surface area contributed by atoms with E-state index < -0.39 is 0 Å². The van der Waals surface area contributed by atoms with E-state index in [1.54, 1.807) is 31.4 Å². The average Bonchev–Trinajstić information content (AvgIpc) is 2.79. The Hall–Kier alpha value is -3.28. The summed E-state index contributed by atoms with van der Waals surface area (Å²) in [4.78, 5) is 19.5. The monoisotopic (exact) mass is 452 g/mol. The summed E-state index contributed by atoms with van der Waals surface area (Å²) in [6, 6.07) is 20.3. The fraction of sp³-hybridized carbons (Fsp3) is 0.0833. The second kappa shape index (κ2) is 9.25. The van der Waals surface area contributed by atoms with Crippen LogP contribution < -0.4 is 15.0 Å². The van der Waals surface area contributed by atoms with E-state index in [0.29, 0.717) is 34.0 Å². The summed E-state index contributed by atoms with van der Waals surface area (Å²) in [7, 11) is 1.58. The average molecular weight is 453 g/mol. The molecule has 156 valence electrons. The summed E-state index contributed by atoms with van der Waals surface area (Å²) in [5, 5.41) is 1.16. The highest BCUT2D eigenvalue weighted by Crippen LogP contribution is 2.31. The molecule has 0 spiro atoms. The lowest BCUT2D eigenvalue weighted by Gasteiger charge is -2.11. The number of nitrogens with one attached hydrogen (secondary N) is 1. The van der Waals surface area contributed by atoms with Crippen LogP contribution in [0.15, 0.2) is 71.5 Å². The SMILES string of the molecule is COc1cc(/C=C(\Cl)c2nc3ccc(Cl)cc3c(=O)[nH]2)ccc1OCc1ccccc1. The second-order valence-electron chi connectivity index (χ2n) is 6.75. The maximum absolute atomic E-state index is 12.4. The number of nitrogens with zero attached hydrogens (tertiary/aromatic N) is 1. The summed E-state index contributed by atoms with van der Waals surface area (Å²) >= 11 is 12.4. The number of fused-ring (bicyclic) bond motifs is 1. The van der Waals surface area contributed by atoms with E-state index in [2.05, 4.69) is 9.97 Å². The molecule has 1 heterocycles. The van der Waals surface area contributed by atoms with Gasteiger partial charge < -0.3 is 14.5 Å². The molecular weight excluding hydrogens is 435 g/mol. The smallest absolute Gasteiger partial charge is 0.259 e. The Balaban J connectivity index is 1.60. The van der Waals surface area contributed by atoms with Crippen molar-refractivity contribution in [2.75, 3.05) is 7.11 Å². The van der Waals surface area contributed by atoms with E-state index in [0.717, 1.165) is 11.1 Å². The molecule has 7 heteroatoms. The first-order valence-corrected chi connectivity index (χ1v) is 10.2. The predicted octanol–water partition coefficient (Wildman–Crippen LogP) is 5.90. The van der Waals surface area contributed by atoms with Crippen molar-refractivity contribution in [2.45, 2.75) is 6.61 Å².